The summed E-state index contributed by atoms with van der Waals surface area (Å²) in [6.45, 7) is 10.9. The molecule has 0 aliphatic carbocycles. The standard InChI is InChI=1S/C36H40N4O9S/c1-7-9-39-21-11-19-10-16(3)31(45-6)30(43)25(19)28(39)29-35-27-26(34-33(47-15-48-34)17(4)32(27)49-18(5)41)23(40(29)22(21)12-37)13-46-36(44)20(14-50-35)38-24(42)8-2/h7,10,20-23,28-29,35,43H,1,8-9,11,13-15H2,2-6H3,(H,38,42)/t20?,21?,22-,23-,28?,29?,35+/m0/s1. The molecule has 4 unspecified atom stereocenters. The minimum atomic E-state index is -0.960. The van der Waals surface area contributed by atoms with Crippen LogP contribution < -0.4 is 24.3 Å². The van der Waals surface area contributed by atoms with Gasteiger partial charge in [0.2, 0.25) is 12.7 Å². The molecule has 2 N–H and O–H groups in total. The van der Waals surface area contributed by atoms with Crippen molar-refractivity contribution in [3.63, 3.8) is 0 Å². The highest BCUT2D eigenvalue weighted by atomic mass is 32.2. The number of methoxy groups -OCH3 is 1. The van der Waals surface area contributed by atoms with E-state index < -0.39 is 47.4 Å². The number of thioether (sulfide) groups is 1. The summed E-state index contributed by atoms with van der Waals surface area (Å²) in [7, 11) is 1.52. The first kappa shape index (κ1) is 34.0. The largest absolute Gasteiger partial charge is 0.504 e. The number of hydrogen-bond acceptors (Lipinski definition) is 13. The number of fused-ring (bicyclic) bond motifs is 9. The number of piperazine rings is 1. The number of hydrogen-bond donors (Lipinski definition) is 2. The van der Waals surface area contributed by atoms with E-state index in [1.165, 1.54) is 25.8 Å². The third kappa shape index (κ3) is 5.08. The van der Waals surface area contributed by atoms with Crippen LogP contribution in [0.1, 0.15) is 71.0 Å². The first-order valence-corrected chi connectivity index (χ1v) is 17.8. The molecule has 264 valence electrons. The number of carbonyl (C=O) groups excluding carboxylic acids is 3. The minimum absolute atomic E-state index is 0.0233. The summed E-state index contributed by atoms with van der Waals surface area (Å²) in [6, 6.07) is 0.821. The van der Waals surface area contributed by atoms with Crippen molar-refractivity contribution >= 4 is 29.6 Å². The second kappa shape index (κ2) is 13.0. The average molecular weight is 705 g/mol. The highest BCUT2D eigenvalue weighted by Gasteiger charge is 2.61. The molecule has 0 aromatic heterocycles. The first-order chi connectivity index (χ1) is 24.1. The highest BCUT2D eigenvalue weighted by molar-refractivity contribution is 7.99. The van der Waals surface area contributed by atoms with Crippen LogP contribution in [0.2, 0.25) is 0 Å². The number of aryl methyl sites for hydroxylation is 1. The van der Waals surface area contributed by atoms with Gasteiger partial charge in [-0.1, -0.05) is 19.1 Å². The lowest BCUT2D eigenvalue weighted by Crippen LogP contribution is -2.70. The highest BCUT2D eigenvalue weighted by Crippen LogP contribution is 2.64. The second-order valence-corrected chi connectivity index (χ2v) is 14.3. The van der Waals surface area contributed by atoms with Crippen molar-refractivity contribution in [3.8, 4) is 34.8 Å². The quantitative estimate of drug-likeness (QED) is 0.255. The Bertz CT molecular complexity index is 1840. The maximum absolute atomic E-state index is 13.6. The second-order valence-electron chi connectivity index (χ2n) is 13.2. The van der Waals surface area contributed by atoms with Crippen LogP contribution in [0.5, 0.6) is 28.7 Å². The molecular formula is C36H40N4O9S. The van der Waals surface area contributed by atoms with Gasteiger partial charge in [0.15, 0.2) is 23.0 Å². The van der Waals surface area contributed by atoms with Crippen molar-refractivity contribution in [2.75, 3.05) is 32.8 Å². The van der Waals surface area contributed by atoms with Gasteiger partial charge in [0.05, 0.1) is 30.5 Å². The van der Waals surface area contributed by atoms with Gasteiger partial charge in [0.25, 0.3) is 0 Å². The van der Waals surface area contributed by atoms with E-state index in [1.54, 1.807) is 19.9 Å². The van der Waals surface area contributed by atoms with Gasteiger partial charge in [0, 0.05) is 60.0 Å². The van der Waals surface area contributed by atoms with Crippen LogP contribution in [-0.2, 0) is 25.5 Å². The number of nitrogens with zero attached hydrogens (tertiary/aromatic N) is 3. The molecule has 0 radical (unpaired) electrons. The number of nitrogens with one attached hydrogen (secondary N) is 1. The molecule has 7 rings (SSSR count). The van der Waals surface area contributed by atoms with E-state index in [4.69, 9.17) is 23.7 Å². The third-order valence-corrected chi connectivity index (χ3v) is 11.9. The molecule has 2 saturated heterocycles. The van der Waals surface area contributed by atoms with Gasteiger partial charge < -0.3 is 34.1 Å². The number of amides is 1. The molecule has 2 aromatic rings. The molecule has 5 aliphatic heterocycles. The summed E-state index contributed by atoms with van der Waals surface area (Å²) in [6.07, 6.45) is 2.44. The van der Waals surface area contributed by atoms with Gasteiger partial charge in [-0.2, -0.15) is 5.26 Å². The SMILES string of the molecule is C=CCN1C2c3c(cc(C)c(OC)c3O)CC1[C@H](C#N)N1C2[C@@H]2SCC(NC(=O)CC)C(=O)OC[C@H]1c1c3c(c(C)c(OC(C)=O)c12)OCO3. The summed E-state index contributed by atoms with van der Waals surface area (Å²) >= 11 is 1.40. The van der Waals surface area contributed by atoms with Crippen molar-refractivity contribution in [1.29, 1.82) is 5.26 Å². The molecule has 5 aliphatic rings. The van der Waals surface area contributed by atoms with Crippen LogP contribution in [0.15, 0.2) is 18.7 Å². The Balaban J connectivity index is 1.55. The molecule has 14 heteroatoms. The van der Waals surface area contributed by atoms with E-state index in [-0.39, 0.29) is 43.3 Å². The molecule has 4 bridgehead atoms. The number of ether oxygens (including phenoxy) is 5. The fourth-order valence-corrected chi connectivity index (χ4v) is 10.1. The lowest BCUT2D eigenvalue weighted by molar-refractivity contribution is -0.153. The zero-order valence-electron chi connectivity index (χ0n) is 28.6. The van der Waals surface area contributed by atoms with Gasteiger partial charge in [0.1, 0.15) is 24.4 Å². The number of carbonyl (C=O) groups is 3. The van der Waals surface area contributed by atoms with E-state index in [0.717, 1.165) is 11.1 Å². The average Bonchev–Trinajstić information content (AvgIpc) is 3.58. The number of nitriles is 1. The Hall–Kier alpha value is -4.45. The number of rotatable bonds is 6. The summed E-state index contributed by atoms with van der Waals surface area (Å²) in [5.74, 6) is 0.266. The van der Waals surface area contributed by atoms with Gasteiger partial charge in [-0.25, -0.2) is 4.79 Å². The summed E-state index contributed by atoms with van der Waals surface area (Å²) in [5.41, 5.74) is 4.23. The van der Waals surface area contributed by atoms with Crippen LogP contribution in [0.3, 0.4) is 0 Å². The smallest absolute Gasteiger partial charge is 0.329 e. The predicted octanol–water partition coefficient (Wildman–Crippen LogP) is 3.68. The van der Waals surface area contributed by atoms with Crippen molar-refractivity contribution < 1.29 is 43.2 Å². The van der Waals surface area contributed by atoms with Crippen molar-refractivity contribution in [1.82, 2.24) is 15.1 Å². The Labute approximate surface area is 294 Å². The molecular weight excluding hydrogens is 664 g/mol. The van der Waals surface area contributed by atoms with Crippen molar-refractivity contribution in [2.45, 2.75) is 82.0 Å². The molecule has 0 spiro atoms. The van der Waals surface area contributed by atoms with Crippen LogP contribution in [0.25, 0.3) is 0 Å². The number of phenols is 1. The third-order valence-electron chi connectivity index (χ3n) is 10.5. The Morgan fingerprint density at radius 1 is 1.20 bits per heavy atom. The number of benzene rings is 2. The van der Waals surface area contributed by atoms with Gasteiger partial charge in [-0.15, -0.1) is 18.3 Å². The Morgan fingerprint density at radius 2 is 1.96 bits per heavy atom. The van der Waals surface area contributed by atoms with Crippen molar-refractivity contribution in [2.24, 2.45) is 0 Å². The maximum Gasteiger partial charge on any atom is 0.329 e. The fourth-order valence-electron chi connectivity index (χ4n) is 8.61. The van der Waals surface area contributed by atoms with Crippen LogP contribution >= 0.6 is 11.8 Å². The molecule has 5 heterocycles. The Kier molecular flexibility index (Phi) is 8.86. The lowest BCUT2D eigenvalue weighted by Gasteiger charge is -2.62. The van der Waals surface area contributed by atoms with E-state index >= 15 is 0 Å². The van der Waals surface area contributed by atoms with Crippen LogP contribution in [0.4, 0.5) is 0 Å². The molecule has 50 heavy (non-hydrogen) atoms. The maximum atomic E-state index is 13.6. The fraction of sp³-hybridized carbons (Fsp3) is 0.500. The predicted molar refractivity (Wildman–Crippen MR) is 181 cm³/mol. The number of aromatic hydroxyl groups is 1. The van der Waals surface area contributed by atoms with Gasteiger partial charge in [-0.05, 0) is 31.4 Å². The van der Waals surface area contributed by atoms with Crippen LogP contribution in [0, 0.1) is 25.2 Å². The molecule has 7 atom stereocenters. The molecule has 1 amide bonds. The zero-order chi connectivity index (χ0) is 35.6. The van der Waals surface area contributed by atoms with E-state index in [0.29, 0.717) is 58.2 Å². The topological polar surface area (TPSA) is 160 Å². The molecule has 0 saturated carbocycles. The zero-order valence-corrected chi connectivity index (χ0v) is 29.4. The van der Waals surface area contributed by atoms with Gasteiger partial charge >= 0.3 is 11.9 Å². The summed E-state index contributed by atoms with van der Waals surface area (Å²) < 4.78 is 29.8. The number of phenolic OH excluding ortho intramolecular Hbond substituents is 1. The number of cyclic esters (lactones) is 1. The monoisotopic (exact) mass is 704 g/mol. The van der Waals surface area contributed by atoms with Crippen LogP contribution in [-0.4, -0.2) is 89.7 Å². The molecule has 2 aromatic carbocycles. The Morgan fingerprint density at radius 3 is 2.64 bits per heavy atom. The van der Waals surface area contributed by atoms with Gasteiger partial charge in [-0.3, -0.25) is 19.4 Å². The normalized spacial score (nSPS) is 27.9. The van der Waals surface area contributed by atoms with E-state index in [1.807, 2.05) is 13.0 Å². The summed E-state index contributed by atoms with van der Waals surface area (Å²) in [4.78, 5) is 43.3. The molecule has 13 nitrogen and oxygen atoms in total. The summed E-state index contributed by atoms with van der Waals surface area (Å²) in [5, 5.41) is 25.3. The molecule has 2 fully saturated rings. The number of esters is 2. The first-order valence-electron chi connectivity index (χ1n) is 16.7. The van der Waals surface area contributed by atoms with E-state index in [2.05, 4.69) is 27.8 Å². The lowest BCUT2D eigenvalue weighted by atomic mass is 9.71. The van der Waals surface area contributed by atoms with E-state index in [9.17, 15) is 24.8 Å². The minimum Gasteiger partial charge on any atom is -0.504 e. The van der Waals surface area contributed by atoms with Crippen molar-refractivity contribution in [3.05, 3.63) is 52.1 Å².